The van der Waals surface area contributed by atoms with Crippen molar-refractivity contribution >= 4 is 21.6 Å². The van der Waals surface area contributed by atoms with Crippen LogP contribution in [0.5, 0.6) is 0 Å². The summed E-state index contributed by atoms with van der Waals surface area (Å²) >= 11 is 1.63. The average molecular weight is 219 g/mol. The summed E-state index contributed by atoms with van der Waals surface area (Å²) in [6.07, 6.45) is 4.89. The third-order valence-electron chi connectivity index (χ3n) is 3.17. The van der Waals surface area contributed by atoms with Crippen LogP contribution in [0.25, 0.3) is 10.1 Å². The van der Waals surface area contributed by atoms with E-state index in [0.29, 0.717) is 6.04 Å². The third-order valence-corrected chi connectivity index (χ3v) is 4.38. The van der Waals surface area contributed by atoms with Crippen LogP contribution < -0.4 is 5.56 Å². The zero-order chi connectivity index (χ0) is 10.3. The second-order valence-corrected chi connectivity index (χ2v) is 5.17. The smallest absolute Gasteiger partial charge is 0.268 e. The Labute approximate surface area is 92.3 Å². The monoisotopic (exact) mass is 219 g/mol. The van der Waals surface area contributed by atoms with Gasteiger partial charge in [0.05, 0.1) is 10.1 Å². The Morgan fingerprint density at radius 1 is 1.20 bits per heavy atom. The maximum Gasteiger partial charge on any atom is 0.268 e. The van der Waals surface area contributed by atoms with Crippen LogP contribution in [0.4, 0.5) is 0 Å². The zero-order valence-corrected chi connectivity index (χ0v) is 9.30. The lowest BCUT2D eigenvalue weighted by molar-refractivity contribution is 0.546. The summed E-state index contributed by atoms with van der Waals surface area (Å²) in [6.45, 7) is 0. The summed E-state index contributed by atoms with van der Waals surface area (Å²) in [5.41, 5.74) is 0.211. The molecule has 78 valence electrons. The quantitative estimate of drug-likeness (QED) is 0.722. The summed E-state index contributed by atoms with van der Waals surface area (Å²) in [5, 5.41) is 0.884. The molecule has 2 nitrogen and oxygen atoms in total. The van der Waals surface area contributed by atoms with E-state index in [2.05, 4.69) is 0 Å². The van der Waals surface area contributed by atoms with Crippen LogP contribution >= 0.6 is 11.5 Å². The molecule has 1 aromatic heterocycles. The highest BCUT2D eigenvalue weighted by molar-refractivity contribution is 7.13. The minimum Gasteiger partial charge on any atom is -0.268 e. The molecule has 0 N–H and O–H groups in total. The van der Waals surface area contributed by atoms with Gasteiger partial charge >= 0.3 is 0 Å². The summed E-state index contributed by atoms with van der Waals surface area (Å²) in [6, 6.07) is 8.37. The van der Waals surface area contributed by atoms with Crippen molar-refractivity contribution in [2.45, 2.75) is 31.7 Å². The molecule has 15 heavy (non-hydrogen) atoms. The van der Waals surface area contributed by atoms with E-state index >= 15 is 0 Å². The molecular weight excluding hydrogens is 206 g/mol. The van der Waals surface area contributed by atoms with Crippen molar-refractivity contribution in [3.05, 3.63) is 34.6 Å². The first-order chi connectivity index (χ1) is 7.36. The van der Waals surface area contributed by atoms with E-state index in [0.717, 1.165) is 10.1 Å². The first-order valence-electron chi connectivity index (χ1n) is 5.47. The lowest BCUT2D eigenvalue weighted by atomic mass is 10.2. The Balaban J connectivity index is 2.19. The van der Waals surface area contributed by atoms with Gasteiger partial charge in [0.25, 0.3) is 5.56 Å². The Hall–Kier alpha value is -1.09. The molecule has 0 amide bonds. The molecule has 0 bridgehead atoms. The van der Waals surface area contributed by atoms with Crippen molar-refractivity contribution in [1.29, 1.82) is 0 Å². The van der Waals surface area contributed by atoms with E-state index < -0.39 is 0 Å². The SMILES string of the molecule is O=c1c2ccccc2sn1C1CCCC1. The summed E-state index contributed by atoms with van der Waals surface area (Å²) in [4.78, 5) is 12.1. The van der Waals surface area contributed by atoms with Gasteiger partial charge in [-0.1, -0.05) is 36.5 Å². The van der Waals surface area contributed by atoms with Gasteiger partial charge in [-0.2, -0.15) is 0 Å². The molecule has 0 saturated heterocycles. The van der Waals surface area contributed by atoms with Crippen molar-refractivity contribution in [3.63, 3.8) is 0 Å². The molecule has 0 atom stereocenters. The molecule has 3 heteroatoms. The number of hydrogen-bond donors (Lipinski definition) is 0. The molecular formula is C12H13NOS. The second kappa shape index (κ2) is 3.49. The highest BCUT2D eigenvalue weighted by atomic mass is 32.1. The van der Waals surface area contributed by atoms with Gasteiger partial charge in [0.15, 0.2) is 0 Å². The van der Waals surface area contributed by atoms with Gasteiger partial charge < -0.3 is 0 Å². The fourth-order valence-corrected chi connectivity index (χ4v) is 3.51. The molecule has 3 rings (SSSR count). The number of benzene rings is 1. The normalized spacial score (nSPS) is 17.6. The van der Waals surface area contributed by atoms with Gasteiger partial charge in [-0.05, 0) is 25.0 Å². The third kappa shape index (κ3) is 1.42. The zero-order valence-electron chi connectivity index (χ0n) is 8.48. The Bertz CT molecular complexity index is 534. The summed E-state index contributed by atoms with van der Waals surface area (Å²) < 4.78 is 3.10. The van der Waals surface area contributed by atoms with Crippen LogP contribution in [0, 0.1) is 0 Å². The highest BCUT2D eigenvalue weighted by Gasteiger charge is 2.20. The van der Waals surface area contributed by atoms with E-state index in [1.165, 1.54) is 25.7 Å². The highest BCUT2D eigenvalue weighted by Crippen LogP contribution is 2.31. The van der Waals surface area contributed by atoms with Crippen LogP contribution in [0.2, 0.25) is 0 Å². The first-order valence-corrected chi connectivity index (χ1v) is 6.24. The maximum absolute atomic E-state index is 12.1. The van der Waals surface area contributed by atoms with Crippen LogP contribution in [0.1, 0.15) is 31.7 Å². The van der Waals surface area contributed by atoms with Gasteiger partial charge in [-0.25, -0.2) is 0 Å². The largest absolute Gasteiger partial charge is 0.268 e. The number of rotatable bonds is 1. The second-order valence-electron chi connectivity index (χ2n) is 4.16. The van der Waals surface area contributed by atoms with E-state index in [-0.39, 0.29) is 5.56 Å². The fraction of sp³-hybridized carbons (Fsp3) is 0.417. The standard InChI is InChI=1S/C12H13NOS/c14-12-10-7-3-4-8-11(10)15-13(12)9-5-1-2-6-9/h3-4,7-9H,1-2,5-6H2. The van der Waals surface area contributed by atoms with Crippen molar-refractivity contribution in [1.82, 2.24) is 3.96 Å². The van der Waals surface area contributed by atoms with Crippen LogP contribution in [-0.2, 0) is 0 Å². The van der Waals surface area contributed by atoms with Crippen LogP contribution in [0.3, 0.4) is 0 Å². The Kier molecular flexibility index (Phi) is 2.13. The molecule has 0 unspecified atom stereocenters. The molecule has 1 saturated carbocycles. The van der Waals surface area contributed by atoms with Crippen molar-refractivity contribution in [2.75, 3.05) is 0 Å². The van der Waals surface area contributed by atoms with E-state index in [1.807, 2.05) is 28.2 Å². The maximum atomic E-state index is 12.1. The van der Waals surface area contributed by atoms with Gasteiger partial charge in [0.2, 0.25) is 0 Å². The predicted octanol–water partition coefficient (Wildman–Crippen LogP) is 3.18. The van der Waals surface area contributed by atoms with E-state index in [4.69, 9.17) is 0 Å². The Morgan fingerprint density at radius 3 is 2.67 bits per heavy atom. The lowest BCUT2D eigenvalue weighted by Gasteiger charge is -2.07. The molecule has 1 aromatic carbocycles. The van der Waals surface area contributed by atoms with E-state index in [9.17, 15) is 4.79 Å². The molecule has 1 fully saturated rings. The topological polar surface area (TPSA) is 22.0 Å². The molecule has 0 aliphatic heterocycles. The Morgan fingerprint density at radius 2 is 1.93 bits per heavy atom. The predicted molar refractivity (Wildman–Crippen MR) is 63.6 cm³/mol. The first kappa shape index (κ1) is 9.16. The number of hydrogen-bond acceptors (Lipinski definition) is 2. The van der Waals surface area contributed by atoms with Gasteiger partial charge in [0, 0.05) is 6.04 Å². The minimum absolute atomic E-state index is 0.211. The molecule has 0 spiro atoms. The van der Waals surface area contributed by atoms with Gasteiger partial charge in [-0.3, -0.25) is 8.75 Å². The van der Waals surface area contributed by atoms with Gasteiger partial charge in [0.1, 0.15) is 0 Å². The number of fused-ring (bicyclic) bond motifs is 1. The van der Waals surface area contributed by atoms with Crippen molar-refractivity contribution in [3.8, 4) is 0 Å². The van der Waals surface area contributed by atoms with Crippen LogP contribution in [-0.4, -0.2) is 3.96 Å². The summed E-state index contributed by atoms with van der Waals surface area (Å²) in [7, 11) is 0. The fourth-order valence-electron chi connectivity index (χ4n) is 2.37. The summed E-state index contributed by atoms with van der Waals surface area (Å²) in [5.74, 6) is 0. The van der Waals surface area contributed by atoms with Crippen LogP contribution in [0.15, 0.2) is 29.1 Å². The number of nitrogens with zero attached hydrogens (tertiary/aromatic N) is 1. The molecule has 1 aliphatic carbocycles. The molecule has 0 radical (unpaired) electrons. The molecule has 2 aromatic rings. The van der Waals surface area contributed by atoms with E-state index in [1.54, 1.807) is 11.5 Å². The van der Waals surface area contributed by atoms with Crippen molar-refractivity contribution in [2.24, 2.45) is 0 Å². The average Bonchev–Trinajstić information content (AvgIpc) is 2.87. The molecule has 1 heterocycles. The molecule has 1 aliphatic rings. The number of aromatic nitrogens is 1. The lowest BCUT2D eigenvalue weighted by Crippen LogP contribution is -2.16. The minimum atomic E-state index is 0.211. The van der Waals surface area contributed by atoms with Gasteiger partial charge in [-0.15, -0.1) is 0 Å². The van der Waals surface area contributed by atoms with Crippen molar-refractivity contribution < 1.29 is 0 Å².